The third kappa shape index (κ3) is 5.30. The zero-order valence-electron chi connectivity index (χ0n) is 17.7. The van der Waals surface area contributed by atoms with E-state index in [4.69, 9.17) is 4.74 Å². The highest BCUT2D eigenvalue weighted by molar-refractivity contribution is 6.18. The van der Waals surface area contributed by atoms with Gasteiger partial charge in [-0.05, 0) is 66.3 Å². The lowest BCUT2D eigenvalue weighted by Gasteiger charge is -2.15. The molecule has 1 amide bonds. The van der Waals surface area contributed by atoms with Crippen LogP contribution in [0.5, 0.6) is 5.75 Å². The van der Waals surface area contributed by atoms with Crippen LogP contribution in [0.1, 0.15) is 22.5 Å². The fraction of sp³-hybridized carbons (Fsp3) is 0.273. The van der Waals surface area contributed by atoms with Crippen molar-refractivity contribution in [1.29, 1.82) is 0 Å². The molecule has 3 rings (SSSR count). The molecular weight excluding hydrogens is 380 g/mol. The number of carbonyl (C=O) groups is 1. The Labute approximate surface area is 176 Å². The fourth-order valence-corrected chi connectivity index (χ4v) is 3.06. The number of carbonyl (C=O) groups excluding carboxylic acids is 1. The molecule has 0 fully saturated rings. The molecule has 0 spiro atoms. The molecule has 8 nitrogen and oxygen atoms in total. The zero-order chi connectivity index (χ0) is 21.5. The van der Waals surface area contributed by atoms with Crippen molar-refractivity contribution in [3.05, 3.63) is 71.0 Å². The predicted octanol–water partition coefficient (Wildman–Crippen LogP) is 2.37. The first-order valence-electron chi connectivity index (χ1n) is 9.58. The summed E-state index contributed by atoms with van der Waals surface area (Å²) >= 11 is 0. The van der Waals surface area contributed by atoms with Gasteiger partial charge < -0.3 is 15.0 Å². The first kappa shape index (κ1) is 21.2. The Hall–Kier alpha value is -3.52. The monoisotopic (exact) mass is 406 g/mol. The summed E-state index contributed by atoms with van der Waals surface area (Å²) in [4.78, 5) is 15.2. The molecule has 0 radical (unpaired) electrons. The third-order valence-corrected chi connectivity index (χ3v) is 4.53. The first-order valence-corrected chi connectivity index (χ1v) is 9.58. The van der Waals surface area contributed by atoms with Crippen LogP contribution in [0.3, 0.4) is 0 Å². The molecule has 0 aliphatic carbocycles. The van der Waals surface area contributed by atoms with Crippen LogP contribution in [0.15, 0.2) is 48.5 Å². The van der Waals surface area contributed by atoms with E-state index in [0.29, 0.717) is 23.8 Å². The highest BCUT2D eigenvalue weighted by atomic mass is 16.5. The van der Waals surface area contributed by atoms with Crippen LogP contribution in [-0.4, -0.2) is 52.2 Å². The van der Waals surface area contributed by atoms with Gasteiger partial charge in [-0.1, -0.05) is 36.4 Å². The summed E-state index contributed by atoms with van der Waals surface area (Å²) in [5.74, 6) is 0.953. The van der Waals surface area contributed by atoms with Crippen LogP contribution in [0.25, 0.3) is 11.8 Å². The van der Waals surface area contributed by atoms with Crippen molar-refractivity contribution < 1.29 is 9.53 Å². The Balaban J connectivity index is 1.87. The van der Waals surface area contributed by atoms with E-state index in [1.807, 2.05) is 56.6 Å². The Morgan fingerprint density at radius 2 is 1.93 bits per heavy atom. The van der Waals surface area contributed by atoms with E-state index in [9.17, 15) is 4.79 Å². The summed E-state index contributed by atoms with van der Waals surface area (Å²) in [5, 5.41) is 14.6. The minimum Gasteiger partial charge on any atom is -0.497 e. The topological polar surface area (TPSA) is 85.2 Å². The number of aryl methyl sites for hydroxylation is 1. The van der Waals surface area contributed by atoms with Gasteiger partial charge in [-0.3, -0.25) is 4.79 Å². The molecule has 1 heterocycles. The number of hydrogen-bond donors (Lipinski definition) is 1. The quantitative estimate of drug-likeness (QED) is 0.578. The number of hydrogen-bond acceptors (Lipinski definition) is 6. The molecule has 0 aliphatic heterocycles. The van der Waals surface area contributed by atoms with Gasteiger partial charge in [-0.15, -0.1) is 5.10 Å². The average molecular weight is 406 g/mol. The normalized spacial score (nSPS) is 11.6. The van der Waals surface area contributed by atoms with Gasteiger partial charge in [0.05, 0.1) is 7.11 Å². The largest absolute Gasteiger partial charge is 0.497 e. The van der Waals surface area contributed by atoms with Crippen LogP contribution in [-0.2, 0) is 17.9 Å². The molecule has 0 bridgehead atoms. The number of benzene rings is 2. The number of tetrazole rings is 1. The molecule has 0 saturated heterocycles. The smallest absolute Gasteiger partial charge is 0.270 e. The minimum atomic E-state index is -0.270. The standard InChI is InChI=1S/C22H26N6O2/c1-16-24-25-26-28(16)21(13-17-8-7-11-20(12-17)30-4)22(29)23-14-18-9-5-6-10-19(18)15-27(2)3/h5-13H,14-15H2,1-4H3,(H,23,29)/b21-13-. The zero-order valence-corrected chi connectivity index (χ0v) is 17.7. The molecule has 1 aromatic heterocycles. The van der Waals surface area contributed by atoms with E-state index < -0.39 is 0 Å². The van der Waals surface area contributed by atoms with Gasteiger partial charge >= 0.3 is 0 Å². The van der Waals surface area contributed by atoms with Gasteiger partial charge in [0.1, 0.15) is 11.4 Å². The highest BCUT2D eigenvalue weighted by Crippen LogP contribution is 2.18. The molecule has 3 aromatic rings. The molecule has 0 aliphatic rings. The SMILES string of the molecule is COc1cccc(/C=C(/C(=O)NCc2ccccc2CN(C)C)n2nnnc2C)c1. The second kappa shape index (κ2) is 9.80. The third-order valence-electron chi connectivity index (χ3n) is 4.53. The van der Waals surface area contributed by atoms with E-state index in [1.54, 1.807) is 20.1 Å². The number of amides is 1. The van der Waals surface area contributed by atoms with Crippen molar-refractivity contribution in [2.45, 2.75) is 20.0 Å². The van der Waals surface area contributed by atoms with E-state index >= 15 is 0 Å². The van der Waals surface area contributed by atoms with Crippen molar-refractivity contribution in [3.63, 3.8) is 0 Å². The van der Waals surface area contributed by atoms with Crippen LogP contribution in [0.4, 0.5) is 0 Å². The maximum absolute atomic E-state index is 13.1. The van der Waals surface area contributed by atoms with E-state index in [0.717, 1.165) is 17.7 Å². The molecule has 2 aromatic carbocycles. The Bertz CT molecular complexity index is 1040. The van der Waals surface area contributed by atoms with Crippen molar-refractivity contribution in [1.82, 2.24) is 30.4 Å². The summed E-state index contributed by atoms with van der Waals surface area (Å²) in [6.07, 6.45) is 1.74. The van der Waals surface area contributed by atoms with Crippen LogP contribution >= 0.6 is 0 Å². The second-order valence-corrected chi connectivity index (χ2v) is 7.13. The number of nitrogens with zero attached hydrogens (tertiary/aromatic N) is 5. The number of nitrogens with one attached hydrogen (secondary N) is 1. The molecule has 8 heteroatoms. The minimum absolute atomic E-state index is 0.270. The van der Waals surface area contributed by atoms with Crippen molar-refractivity contribution >= 4 is 17.7 Å². The van der Waals surface area contributed by atoms with Gasteiger partial charge in [0.25, 0.3) is 5.91 Å². The highest BCUT2D eigenvalue weighted by Gasteiger charge is 2.17. The number of rotatable bonds is 8. The van der Waals surface area contributed by atoms with Crippen LogP contribution in [0, 0.1) is 6.92 Å². The molecule has 0 unspecified atom stereocenters. The molecule has 1 N–H and O–H groups in total. The lowest BCUT2D eigenvalue weighted by molar-refractivity contribution is -0.116. The fourth-order valence-electron chi connectivity index (χ4n) is 3.06. The summed E-state index contributed by atoms with van der Waals surface area (Å²) < 4.78 is 6.71. The predicted molar refractivity (Wildman–Crippen MR) is 115 cm³/mol. The number of ether oxygens (including phenoxy) is 1. The maximum Gasteiger partial charge on any atom is 0.270 e. The molecule has 30 heavy (non-hydrogen) atoms. The lowest BCUT2D eigenvalue weighted by Crippen LogP contribution is -2.28. The van der Waals surface area contributed by atoms with Crippen LogP contribution < -0.4 is 10.1 Å². The lowest BCUT2D eigenvalue weighted by atomic mass is 10.1. The Morgan fingerprint density at radius 1 is 1.17 bits per heavy atom. The van der Waals surface area contributed by atoms with Crippen LogP contribution in [0.2, 0.25) is 0 Å². The molecule has 0 atom stereocenters. The van der Waals surface area contributed by atoms with E-state index in [1.165, 1.54) is 10.2 Å². The summed E-state index contributed by atoms with van der Waals surface area (Å²) in [6.45, 7) is 2.95. The van der Waals surface area contributed by atoms with E-state index in [2.05, 4.69) is 31.8 Å². The van der Waals surface area contributed by atoms with Gasteiger partial charge in [-0.25, -0.2) is 0 Å². The maximum atomic E-state index is 13.1. The van der Waals surface area contributed by atoms with Gasteiger partial charge in [-0.2, -0.15) is 4.68 Å². The summed E-state index contributed by atoms with van der Waals surface area (Å²) in [5.41, 5.74) is 3.37. The number of methoxy groups -OCH3 is 1. The second-order valence-electron chi connectivity index (χ2n) is 7.13. The molecule has 0 saturated carbocycles. The Kier molecular flexibility index (Phi) is 6.92. The van der Waals surface area contributed by atoms with Crippen molar-refractivity contribution in [2.24, 2.45) is 0 Å². The molecule has 156 valence electrons. The first-order chi connectivity index (χ1) is 14.5. The van der Waals surface area contributed by atoms with Crippen molar-refractivity contribution in [2.75, 3.05) is 21.2 Å². The van der Waals surface area contributed by atoms with Gasteiger partial charge in [0.15, 0.2) is 5.82 Å². The number of aromatic nitrogens is 4. The Morgan fingerprint density at radius 3 is 2.60 bits per heavy atom. The van der Waals surface area contributed by atoms with Gasteiger partial charge in [0.2, 0.25) is 0 Å². The average Bonchev–Trinajstić information content (AvgIpc) is 3.16. The van der Waals surface area contributed by atoms with Gasteiger partial charge in [0, 0.05) is 13.1 Å². The van der Waals surface area contributed by atoms with Crippen molar-refractivity contribution in [3.8, 4) is 5.75 Å². The molecular formula is C22H26N6O2. The summed E-state index contributed by atoms with van der Waals surface area (Å²) in [7, 11) is 5.64. The summed E-state index contributed by atoms with van der Waals surface area (Å²) in [6, 6.07) is 15.5. The van der Waals surface area contributed by atoms with E-state index in [-0.39, 0.29) is 5.91 Å².